The number of rotatable bonds is 5. The number of alkyl halides is 3. The Labute approximate surface area is 124 Å². The van der Waals surface area contributed by atoms with Gasteiger partial charge in [0.25, 0.3) is 0 Å². The Morgan fingerprint density at radius 3 is 2.38 bits per heavy atom. The highest BCUT2D eigenvalue weighted by Crippen LogP contribution is 2.26. The summed E-state index contributed by atoms with van der Waals surface area (Å²) in [5.74, 6) is -1.01. The van der Waals surface area contributed by atoms with E-state index in [1.807, 2.05) is 0 Å². The van der Waals surface area contributed by atoms with Crippen molar-refractivity contribution in [3.05, 3.63) is 15.8 Å². The largest absolute Gasteiger partial charge is 0.405 e. The van der Waals surface area contributed by atoms with Crippen LogP contribution >= 0.6 is 11.3 Å². The van der Waals surface area contributed by atoms with E-state index in [1.165, 1.54) is 17.4 Å². The Kier molecular flexibility index (Phi) is 5.40. The molecule has 0 atom stereocenters. The van der Waals surface area contributed by atoms with Crippen LogP contribution in [0.5, 0.6) is 0 Å². The molecular formula is C11H15F3N2O3S2. The smallest absolute Gasteiger partial charge is 0.346 e. The molecule has 1 aromatic rings. The molecule has 0 fully saturated rings. The summed E-state index contributed by atoms with van der Waals surface area (Å²) >= 11 is 1.29. The van der Waals surface area contributed by atoms with Gasteiger partial charge in [0.1, 0.15) is 6.54 Å². The molecule has 0 aliphatic heterocycles. The molecule has 0 aliphatic rings. The lowest BCUT2D eigenvalue weighted by atomic mass is 10.4. The Hall–Kier alpha value is -1.13. The standard InChI is InChI=1S/C11H15F3N2O3S2/c1-7-4-9(8(2)20-7)21(18,19)16(3)5-10(17)15-6-11(12,13)14/h4H,5-6H2,1-3H3,(H,15,17). The first-order chi connectivity index (χ1) is 9.43. The van der Waals surface area contributed by atoms with E-state index in [0.717, 1.165) is 16.2 Å². The highest BCUT2D eigenvalue weighted by molar-refractivity contribution is 7.89. The topological polar surface area (TPSA) is 66.5 Å². The maximum atomic E-state index is 12.2. The van der Waals surface area contributed by atoms with Crippen LogP contribution in [0.25, 0.3) is 0 Å². The minimum Gasteiger partial charge on any atom is -0.346 e. The van der Waals surface area contributed by atoms with Crippen molar-refractivity contribution in [1.29, 1.82) is 0 Å². The zero-order valence-corrected chi connectivity index (χ0v) is 13.2. The van der Waals surface area contributed by atoms with E-state index in [2.05, 4.69) is 0 Å². The second-order valence-electron chi connectivity index (χ2n) is 4.43. The molecule has 1 aromatic heterocycles. The molecule has 120 valence electrons. The molecule has 0 spiro atoms. The van der Waals surface area contributed by atoms with Crippen molar-refractivity contribution in [3.63, 3.8) is 0 Å². The second-order valence-corrected chi connectivity index (χ2v) is 7.90. The average molecular weight is 344 g/mol. The monoisotopic (exact) mass is 344 g/mol. The highest BCUT2D eigenvalue weighted by atomic mass is 32.2. The van der Waals surface area contributed by atoms with Crippen LogP contribution in [0.2, 0.25) is 0 Å². The summed E-state index contributed by atoms with van der Waals surface area (Å²) < 4.78 is 61.1. The summed E-state index contributed by atoms with van der Waals surface area (Å²) in [6, 6.07) is 1.47. The van der Waals surface area contributed by atoms with Crippen molar-refractivity contribution in [2.45, 2.75) is 24.9 Å². The fourth-order valence-electron chi connectivity index (χ4n) is 1.57. The zero-order valence-electron chi connectivity index (χ0n) is 11.6. The lowest BCUT2D eigenvalue weighted by molar-refractivity contribution is -0.138. The van der Waals surface area contributed by atoms with Gasteiger partial charge in [-0.15, -0.1) is 11.3 Å². The summed E-state index contributed by atoms with van der Waals surface area (Å²) in [5, 5.41) is 1.63. The number of likely N-dealkylation sites (N-methyl/N-ethyl adjacent to an activating group) is 1. The van der Waals surface area contributed by atoms with Gasteiger partial charge in [0.05, 0.1) is 11.4 Å². The molecule has 1 heterocycles. The molecule has 10 heteroatoms. The lowest BCUT2D eigenvalue weighted by Gasteiger charge is -2.17. The highest BCUT2D eigenvalue weighted by Gasteiger charge is 2.30. The van der Waals surface area contributed by atoms with Gasteiger partial charge in [-0.1, -0.05) is 0 Å². The van der Waals surface area contributed by atoms with Gasteiger partial charge in [0, 0.05) is 16.8 Å². The first-order valence-corrected chi connectivity index (χ1v) is 8.06. The third-order valence-corrected chi connectivity index (χ3v) is 5.56. The van der Waals surface area contributed by atoms with E-state index in [1.54, 1.807) is 19.2 Å². The maximum absolute atomic E-state index is 12.2. The van der Waals surface area contributed by atoms with Crippen molar-refractivity contribution in [2.24, 2.45) is 0 Å². The molecule has 0 bridgehead atoms. The molecule has 5 nitrogen and oxygen atoms in total. The van der Waals surface area contributed by atoms with Gasteiger partial charge in [0.2, 0.25) is 15.9 Å². The molecule has 1 amide bonds. The molecular weight excluding hydrogens is 329 g/mol. The number of carbonyl (C=O) groups excluding carboxylic acids is 1. The predicted octanol–water partition coefficient (Wildman–Crippen LogP) is 1.66. The first-order valence-electron chi connectivity index (χ1n) is 5.80. The second kappa shape index (κ2) is 6.32. The number of carbonyl (C=O) groups is 1. The summed E-state index contributed by atoms with van der Waals surface area (Å²) in [4.78, 5) is 12.8. The van der Waals surface area contributed by atoms with Crippen molar-refractivity contribution >= 4 is 27.3 Å². The molecule has 0 unspecified atom stereocenters. The van der Waals surface area contributed by atoms with Crippen molar-refractivity contribution in [2.75, 3.05) is 20.1 Å². The number of nitrogens with zero attached hydrogens (tertiary/aromatic N) is 1. The number of aryl methyl sites for hydroxylation is 2. The van der Waals surface area contributed by atoms with Crippen LogP contribution in [0.4, 0.5) is 13.2 Å². The van der Waals surface area contributed by atoms with Crippen molar-refractivity contribution in [3.8, 4) is 0 Å². The lowest BCUT2D eigenvalue weighted by Crippen LogP contribution is -2.41. The summed E-state index contributed by atoms with van der Waals surface area (Å²) in [6.45, 7) is 1.21. The van der Waals surface area contributed by atoms with Gasteiger partial charge >= 0.3 is 6.18 Å². The van der Waals surface area contributed by atoms with Crippen LogP contribution < -0.4 is 5.32 Å². The minimum atomic E-state index is -4.53. The van der Waals surface area contributed by atoms with Gasteiger partial charge in [-0.05, 0) is 19.9 Å². The summed E-state index contributed by atoms with van der Waals surface area (Å²) in [5.41, 5.74) is 0. The number of hydrogen-bond acceptors (Lipinski definition) is 4. The van der Waals surface area contributed by atoms with Gasteiger partial charge in [-0.25, -0.2) is 8.42 Å². The van der Waals surface area contributed by atoms with Crippen LogP contribution in [-0.4, -0.2) is 44.9 Å². The van der Waals surface area contributed by atoms with Crippen LogP contribution in [0, 0.1) is 13.8 Å². The Morgan fingerprint density at radius 2 is 1.95 bits per heavy atom. The molecule has 0 aromatic carbocycles. The van der Waals surface area contributed by atoms with Gasteiger partial charge in [-0.3, -0.25) is 4.79 Å². The number of sulfonamides is 1. The quantitative estimate of drug-likeness (QED) is 0.883. The average Bonchev–Trinajstić information content (AvgIpc) is 2.65. The van der Waals surface area contributed by atoms with Crippen LogP contribution in [0.3, 0.4) is 0 Å². The molecule has 21 heavy (non-hydrogen) atoms. The van der Waals surface area contributed by atoms with E-state index in [4.69, 9.17) is 0 Å². The zero-order chi connectivity index (χ0) is 16.4. The fourth-order valence-corrected chi connectivity index (χ4v) is 4.22. The van der Waals surface area contributed by atoms with Crippen molar-refractivity contribution in [1.82, 2.24) is 9.62 Å². The molecule has 0 radical (unpaired) electrons. The van der Waals surface area contributed by atoms with Gasteiger partial charge < -0.3 is 5.32 Å². The first kappa shape index (κ1) is 17.9. The van der Waals surface area contributed by atoms with E-state index in [0.29, 0.717) is 4.88 Å². The number of nitrogens with one attached hydrogen (secondary N) is 1. The minimum absolute atomic E-state index is 0.0659. The summed E-state index contributed by atoms with van der Waals surface area (Å²) in [6.07, 6.45) is -4.53. The third-order valence-electron chi connectivity index (χ3n) is 2.54. The van der Waals surface area contributed by atoms with E-state index in [-0.39, 0.29) is 4.90 Å². The molecule has 0 saturated carbocycles. The number of thiophene rings is 1. The molecule has 0 aliphatic carbocycles. The van der Waals surface area contributed by atoms with Crippen molar-refractivity contribution < 1.29 is 26.4 Å². The number of hydrogen-bond donors (Lipinski definition) is 1. The van der Waals surface area contributed by atoms with Gasteiger partial charge in [-0.2, -0.15) is 17.5 Å². The Morgan fingerprint density at radius 1 is 1.38 bits per heavy atom. The molecule has 0 saturated heterocycles. The Bertz CT molecular complexity index is 623. The van der Waals surface area contributed by atoms with Crippen LogP contribution in [0.15, 0.2) is 11.0 Å². The number of amides is 1. The van der Waals surface area contributed by atoms with E-state index >= 15 is 0 Å². The SMILES string of the molecule is Cc1cc(S(=O)(=O)N(C)CC(=O)NCC(F)(F)F)c(C)s1. The van der Waals surface area contributed by atoms with Crippen LogP contribution in [0.1, 0.15) is 9.75 Å². The fraction of sp³-hybridized carbons (Fsp3) is 0.545. The van der Waals surface area contributed by atoms with E-state index in [9.17, 15) is 26.4 Å². The van der Waals surface area contributed by atoms with Gasteiger partial charge in [0.15, 0.2) is 0 Å². The Balaban J connectivity index is 2.77. The molecule has 1 N–H and O–H groups in total. The maximum Gasteiger partial charge on any atom is 0.405 e. The van der Waals surface area contributed by atoms with Crippen LogP contribution in [-0.2, 0) is 14.8 Å². The number of halogens is 3. The molecule has 1 rings (SSSR count). The van der Waals surface area contributed by atoms with E-state index < -0.39 is 35.2 Å². The predicted molar refractivity (Wildman–Crippen MR) is 72.7 cm³/mol. The normalized spacial score (nSPS) is 12.7. The summed E-state index contributed by atoms with van der Waals surface area (Å²) in [7, 11) is -2.75. The third kappa shape index (κ3) is 4.97.